The summed E-state index contributed by atoms with van der Waals surface area (Å²) in [6.45, 7) is 4.65. The van der Waals surface area contributed by atoms with Gasteiger partial charge in [0.2, 0.25) is 5.91 Å². The Hall–Kier alpha value is -2.15. The molecule has 21 heavy (non-hydrogen) atoms. The van der Waals surface area contributed by atoms with Crippen molar-refractivity contribution in [1.82, 2.24) is 24.4 Å². The van der Waals surface area contributed by atoms with E-state index in [1.807, 2.05) is 11.0 Å². The van der Waals surface area contributed by atoms with Crippen LogP contribution >= 0.6 is 0 Å². The van der Waals surface area contributed by atoms with Crippen molar-refractivity contribution in [2.45, 2.75) is 25.9 Å². The lowest BCUT2D eigenvalue weighted by atomic mass is 10.2. The molecule has 112 valence electrons. The maximum absolute atomic E-state index is 12.2. The number of nitrogens with one attached hydrogen (secondary N) is 1. The lowest BCUT2D eigenvalue weighted by Gasteiger charge is -2.31. The molecule has 1 aliphatic heterocycles. The molecule has 3 heterocycles. The van der Waals surface area contributed by atoms with E-state index >= 15 is 0 Å². The number of aromatic nitrogens is 3. The first-order chi connectivity index (χ1) is 10.1. The van der Waals surface area contributed by atoms with E-state index in [2.05, 4.69) is 17.3 Å². The van der Waals surface area contributed by atoms with Crippen molar-refractivity contribution in [3.63, 3.8) is 0 Å². The van der Waals surface area contributed by atoms with Crippen LogP contribution in [-0.4, -0.2) is 50.7 Å². The first-order valence-electron chi connectivity index (χ1n) is 7.20. The number of carbonyl (C=O) groups excluding carboxylic acids is 1. The third kappa shape index (κ3) is 2.82. The van der Waals surface area contributed by atoms with Gasteiger partial charge in [-0.05, 0) is 19.1 Å². The molecule has 2 aromatic rings. The Morgan fingerprint density at radius 2 is 2.33 bits per heavy atom. The Morgan fingerprint density at radius 3 is 3.10 bits per heavy atom. The van der Waals surface area contributed by atoms with E-state index in [1.54, 1.807) is 18.3 Å². The number of amides is 1. The standard InChI is InChI=1S/C14H19N5O2/c1-11-10-17(9-6-15-11)13(20)5-8-19-14(21)18-7-3-2-4-12(18)16-19/h2-4,7,11,15H,5-6,8-10H2,1H3/t11-/m1/s1. The van der Waals surface area contributed by atoms with Crippen LogP contribution in [0.15, 0.2) is 29.2 Å². The summed E-state index contributed by atoms with van der Waals surface area (Å²) >= 11 is 0. The number of carbonyl (C=O) groups is 1. The maximum Gasteiger partial charge on any atom is 0.350 e. The summed E-state index contributed by atoms with van der Waals surface area (Å²) in [6, 6.07) is 5.71. The highest BCUT2D eigenvalue weighted by molar-refractivity contribution is 5.76. The second-order valence-electron chi connectivity index (χ2n) is 5.38. The number of rotatable bonds is 3. The van der Waals surface area contributed by atoms with Crippen LogP contribution in [0, 0.1) is 0 Å². The minimum Gasteiger partial charge on any atom is -0.340 e. The van der Waals surface area contributed by atoms with Crippen molar-refractivity contribution < 1.29 is 4.79 Å². The van der Waals surface area contributed by atoms with Crippen LogP contribution in [0.4, 0.5) is 0 Å². The first-order valence-corrected chi connectivity index (χ1v) is 7.20. The lowest BCUT2D eigenvalue weighted by molar-refractivity contribution is -0.132. The van der Waals surface area contributed by atoms with E-state index in [-0.39, 0.29) is 11.6 Å². The Labute approximate surface area is 122 Å². The van der Waals surface area contributed by atoms with Gasteiger partial charge in [0.25, 0.3) is 0 Å². The Morgan fingerprint density at radius 1 is 1.48 bits per heavy atom. The molecule has 0 aliphatic carbocycles. The SMILES string of the molecule is C[C@@H]1CN(C(=O)CCn2nc3ccccn3c2=O)CCN1. The quantitative estimate of drug-likeness (QED) is 0.842. The van der Waals surface area contributed by atoms with Gasteiger partial charge >= 0.3 is 5.69 Å². The van der Waals surface area contributed by atoms with Gasteiger partial charge in [0.15, 0.2) is 5.65 Å². The second-order valence-corrected chi connectivity index (χ2v) is 5.38. The minimum atomic E-state index is -0.202. The van der Waals surface area contributed by atoms with E-state index in [0.29, 0.717) is 24.7 Å². The topological polar surface area (TPSA) is 71.6 Å². The zero-order valence-electron chi connectivity index (χ0n) is 12.0. The van der Waals surface area contributed by atoms with Gasteiger partial charge in [-0.3, -0.25) is 9.20 Å². The summed E-state index contributed by atoms with van der Waals surface area (Å²) in [5.41, 5.74) is 0.401. The van der Waals surface area contributed by atoms with Crippen LogP contribution < -0.4 is 11.0 Å². The predicted octanol–water partition coefficient (Wildman–Crippen LogP) is -0.294. The molecule has 7 nitrogen and oxygen atoms in total. The number of fused-ring (bicyclic) bond motifs is 1. The predicted molar refractivity (Wildman–Crippen MR) is 78.1 cm³/mol. The van der Waals surface area contributed by atoms with Gasteiger partial charge in [-0.1, -0.05) is 6.07 Å². The smallest absolute Gasteiger partial charge is 0.340 e. The summed E-state index contributed by atoms with van der Waals surface area (Å²) in [6.07, 6.45) is 1.98. The van der Waals surface area contributed by atoms with Crippen molar-refractivity contribution in [3.8, 4) is 0 Å². The van der Waals surface area contributed by atoms with E-state index in [0.717, 1.165) is 19.6 Å². The van der Waals surface area contributed by atoms with Gasteiger partial charge in [0.1, 0.15) is 0 Å². The van der Waals surface area contributed by atoms with Gasteiger partial charge in [0.05, 0.1) is 6.54 Å². The summed E-state index contributed by atoms with van der Waals surface area (Å²) in [5.74, 6) is 0.0762. The second kappa shape index (κ2) is 5.69. The molecule has 0 aromatic carbocycles. The first kappa shape index (κ1) is 13.8. The van der Waals surface area contributed by atoms with E-state index < -0.39 is 0 Å². The van der Waals surface area contributed by atoms with Crippen molar-refractivity contribution in [2.75, 3.05) is 19.6 Å². The molecule has 1 atom stereocenters. The molecule has 2 aromatic heterocycles. The normalized spacial score (nSPS) is 19.1. The molecule has 0 bridgehead atoms. The Bertz CT molecular complexity index is 705. The maximum atomic E-state index is 12.2. The zero-order valence-corrected chi connectivity index (χ0v) is 12.0. The van der Waals surface area contributed by atoms with E-state index in [9.17, 15) is 9.59 Å². The monoisotopic (exact) mass is 289 g/mol. The molecular formula is C14H19N5O2. The van der Waals surface area contributed by atoms with E-state index in [1.165, 1.54) is 9.08 Å². The highest BCUT2D eigenvalue weighted by atomic mass is 16.2. The van der Waals surface area contributed by atoms with Crippen molar-refractivity contribution in [1.29, 1.82) is 0 Å². The number of hydrogen-bond donors (Lipinski definition) is 1. The molecule has 1 fully saturated rings. The third-order valence-electron chi connectivity index (χ3n) is 3.75. The average Bonchev–Trinajstić information content (AvgIpc) is 2.82. The number of pyridine rings is 1. The van der Waals surface area contributed by atoms with Gasteiger partial charge < -0.3 is 10.2 Å². The highest BCUT2D eigenvalue weighted by Crippen LogP contribution is 2.03. The molecule has 3 rings (SSSR count). The van der Waals surface area contributed by atoms with Gasteiger partial charge in [-0.2, -0.15) is 0 Å². The van der Waals surface area contributed by atoms with Crippen molar-refractivity contribution in [2.24, 2.45) is 0 Å². The summed E-state index contributed by atoms with van der Waals surface area (Å²) < 4.78 is 2.84. The summed E-state index contributed by atoms with van der Waals surface area (Å²) in [5, 5.41) is 7.53. The molecule has 0 saturated carbocycles. The fraction of sp³-hybridized carbons (Fsp3) is 0.500. The molecule has 1 aliphatic rings. The number of piperazine rings is 1. The van der Waals surface area contributed by atoms with Gasteiger partial charge in [0, 0.05) is 38.3 Å². The fourth-order valence-corrected chi connectivity index (χ4v) is 2.63. The lowest BCUT2D eigenvalue weighted by Crippen LogP contribution is -2.51. The minimum absolute atomic E-state index is 0.0762. The Balaban J connectivity index is 1.67. The molecule has 7 heteroatoms. The van der Waals surface area contributed by atoms with Crippen molar-refractivity contribution in [3.05, 3.63) is 34.9 Å². The number of aryl methyl sites for hydroxylation is 1. The van der Waals surface area contributed by atoms with Crippen LogP contribution in [0.25, 0.3) is 5.65 Å². The largest absolute Gasteiger partial charge is 0.350 e. The van der Waals surface area contributed by atoms with Gasteiger partial charge in [-0.25, -0.2) is 9.48 Å². The van der Waals surface area contributed by atoms with Crippen LogP contribution in [0.3, 0.4) is 0 Å². The Kier molecular flexibility index (Phi) is 3.74. The van der Waals surface area contributed by atoms with Crippen molar-refractivity contribution >= 4 is 11.6 Å². The average molecular weight is 289 g/mol. The number of hydrogen-bond acceptors (Lipinski definition) is 4. The molecule has 0 radical (unpaired) electrons. The third-order valence-corrected chi connectivity index (χ3v) is 3.75. The van der Waals surface area contributed by atoms with Crippen LogP contribution in [-0.2, 0) is 11.3 Å². The highest BCUT2D eigenvalue weighted by Gasteiger charge is 2.20. The molecular weight excluding hydrogens is 270 g/mol. The van der Waals surface area contributed by atoms with Crippen LogP contribution in [0.5, 0.6) is 0 Å². The molecule has 1 saturated heterocycles. The molecule has 0 spiro atoms. The van der Waals surface area contributed by atoms with E-state index in [4.69, 9.17) is 0 Å². The van der Waals surface area contributed by atoms with Crippen LogP contribution in [0.1, 0.15) is 13.3 Å². The van der Waals surface area contributed by atoms with Crippen LogP contribution in [0.2, 0.25) is 0 Å². The number of nitrogens with zero attached hydrogens (tertiary/aromatic N) is 4. The zero-order chi connectivity index (χ0) is 14.8. The molecule has 1 amide bonds. The molecule has 1 N–H and O–H groups in total. The van der Waals surface area contributed by atoms with Gasteiger partial charge in [-0.15, -0.1) is 5.10 Å². The summed E-state index contributed by atoms with van der Waals surface area (Å²) in [7, 11) is 0. The summed E-state index contributed by atoms with van der Waals surface area (Å²) in [4.78, 5) is 26.1. The fourth-order valence-electron chi connectivity index (χ4n) is 2.63. The molecule has 0 unspecified atom stereocenters.